The second-order valence-electron chi connectivity index (χ2n) is 8.36. The highest BCUT2D eigenvalue weighted by atomic mass is 19.1. The number of nitrogens with one attached hydrogen (secondary N) is 1. The van der Waals surface area contributed by atoms with Gasteiger partial charge in [0.1, 0.15) is 17.2 Å². The lowest BCUT2D eigenvalue weighted by Crippen LogP contribution is -2.40. The van der Waals surface area contributed by atoms with Crippen LogP contribution < -0.4 is 10.2 Å². The van der Waals surface area contributed by atoms with E-state index in [4.69, 9.17) is 4.98 Å². The lowest BCUT2D eigenvalue weighted by molar-refractivity contribution is 0.0940. The molecule has 0 unspecified atom stereocenters. The average Bonchev–Trinajstić information content (AvgIpc) is 3.30. The fourth-order valence-electron chi connectivity index (χ4n) is 4.79. The summed E-state index contributed by atoms with van der Waals surface area (Å²) in [5, 5.41) is 7.34. The van der Waals surface area contributed by atoms with E-state index < -0.39 is 0 Å². The predicted molar refractivity (Wildman–Crippen MR) is 109 cm³/mol. The molecule has 1 N–H and O–H groups in total. The maximum atomic E-state index is 14.3. The van der Waals surface area contributed by atoms with Crippen molar-refractivity contribution in [2.24, 2.45) is 0 Å². The van der Waals surface area contributed by atoms with Crippen molar-refractivity contribution in [1.82, 2.24) is 19.9 Å². The summed E-state index contributed by atoms with van der Waals surface area (Å²) in [7, 11) is 0. The van der Waals surface area contributed by atoms with Crippen LogP contribution in [-0.4, -0.2) is 33.1 Å². The van der Waals surface area contributed by atoms with Gasteiger partial charge >= 0.3 is 0 Å². The minimum Gasteiger partial charge on any atom is -0.349 e. The highest BCUT2D eigenvalue weighted by molar-refractivity contribution is 5.99. The number of fused-ring (bicyclic) bond motifs is 5. The molecule has 3 aromatic rings. The molecule has 2 atom stereocenters. The van der Waals surface area contributed by atoms with Crippen molar-refractivity contribution in [3.05, 3.63) is 59.2 Å². The minimum atomic E-state index is -0.350. The van der Waals surface area contributed by atoms with E-state index in [2.05, 4.69) is 22.2 Å². The molecule has 0 saturated carbocycles. The molecule has 150 valence electrons. The first-order chi connectivity index (χ1) is 14.0. The van der Waals surface area contributed by atoms with Crippen molar-refractivity contribution < 1.29 is 9.18 Å². The second kappa shape index (κ2) is 6.54. The molecule has 29 heavy (non-hydrogen) atoms. The molecule has 2 bridgehead atoms. The number of anilines is 1. The molecule has 0 aliphatic carbocycles. The lowest BCUT2D eigenvalue weighted by atomic mass is 9.84. The largest absolute Gasteiger partial charge is 0.349 e. The number of aromatic nitrogens is 3. The Bertz CT molecular complexity index is 1110. The number of rotatable bonds is 0. The Morgan fingerprint density at radius 1 is 1.31 bits per heavy atom. The summed E-state index contributed by atoms with van der Waals surface area (Å²) in [6, 6.07) is 7.01. The van der Waals surface area contributed by atoms with Crippen LogP contribution in [0.1, 0.15) is 54.6 Å². The van der Waals surface area contributed by atoms with E-state index in [9.17, 15) is 9.18 Å². The zero-order chi connectivity index (χ0) is 20.2. The number of carbonyl (C=O) groups excluding carboxylic acids is 1. The van der Waals surface area contributed by atoms with Gasteiger partial charge in [-0.05, 0) is 68.9 Å². The van der Waals surface area contributed by atoms with Gasteiger partial charge in [0, 0.05) is 18.8 Å². The molecule has 7 heteroatoms. The van der Waals surface area contributed by atoms with E-state index in [-0.39, 0.29) is 23.3 Å². The SMILES string of the molecule is C[C@H]1CCc2ccc(F)cc2[C@@]2(C)CCCN2c2ccn3ncc(c3n2)C(=O)N1. The molecular formula is C22H24FN5O. The van der Waals surface area contributed by atoms with Crippen LogP contribution in [0.25, 0.3) is 5.65 Å². The summed E-state index contributed by atoms with van der Waals surface area (Å²) in [5.74, 6) is 0.401. The molecule has 0 radical (unpaired) electrons. The Kier molecular flexibility index (Phi) is 4.08. The summed E-state index contributed by atoms with van der Waals surface area (Å²) >= 11 is 0. The molecule has 2 aliphatic heterocycles. The molecule has 4 heterocycles. The highest BCUT2D eigenvalue weighted by Gasteiger charge is 2.41. The van der Waals surface area contributed by atoms with Crippen LogP contribution in [0, 0.1) is 5.82 Å². The number of halogens is 1. The molecule has 1 aromatic carbocycles. The molecule has 6 nitrogen and oxygen atoms in total. The number of aryl methyl sites for hydroxylation is 1. The molecular weight excluding hydrogens is 369 g/mol. The van der Waals surface area contributed by atoms with E-state index in [1.807, 2.05) is 25.3 Å². The number of hydrogen-bond acceptors (Lipinski definition) is 4. The van der Waals surface area contributed by atoms with Gasteiger partial charge in [0.2, 0.25) is 0 Å². The fraction of sp³-hybridized carbons (Fsp3) is 0.409. The third kappa shape index (κ3) is 2.87. The van der Waals surface area contributed by atoms with Gasteiger partial charge in [0.15, 0.2) is 5.65 Å². The van der Waals surface area contributed by atoms with Gasteiger partial charge in [-0.15, -0.1) is 0 Å². The van der Waals surface area contributed by atoms with Crippen molar-refractivity contribution in [2.75, 3.05) is 11.4 Å². The van der Waals surface area contributed by atoms with E-state index in [1.54, 1.807) is 16.8 Å². The first-order valence-electron chi connectivity index (χ1n) is 10.2. The van der Waals surface area contributed by atoms with Gasteiger partial charge in [-0.1, -0.05) is 6.07 Å². The number of carbonyl (C=O) groups is 1. The Balaban J connectivity index is 1.73. The lowest BCUT2D eigenvalue weighted by Gasteiger charge is -2.38. The van der Waals surface area contributed by atoms with Crippen LogP contribution in [0.2, 0.25) is 0 Å². The number of amides is 1. The summed E-state index contributed by atoms with van der Waals surface area (Å²) in [4.78, 5) is 19.9. The summed E-state index contributed by atoms with van der Waals surface area (Å²) in [5.41, 5.74) is 2.81. The average molecular weight is 393 g/mol. The van der Waals surface area contributed by atoms with Gasteiger partial charge in [0.05, 0.1) is 11.7 Å². The zero-order valence-electron chi connectivity index (χ0n) is 16.7. The van der Waals surface area contributed by atoms with Gasteiger partial charge in [-0.25, -0.2) is 13.9 Å². The Hall–Kier alpha value is -2.96. The maximum absolute atomic E-state index is 14.3. The minimum absolute atomic E-state index is 0.0215. The van der Waals surface area contributed by atoms with E-state index in [0.717, 1.165) is 49.2 Å². The summed E-state index contributed by atoms with van der Waals surface area (Å²) < 4.78 is 15.9. The predicted octanol–water partition coefficient (Wildman–Crippen LogP) is 3.45. The van der Waals surface area contributed by atoms with E-state index in [0.29, 0.717) is 11.2 Å². The van der Waals surface area contributed by atoms with Crippen LogP contribution >= 0.6 is 0 Å². The second-order valence-corrected chi connectivity index (χ2v) is 8.36. The Morgan fingerprint density at radius 2 is 2.17 bits per heavy atom. The van der Waals surface area contributed by atoms with Crippen molar-refractivity contribution in [2.45, 2.75) is 51.1 Å². The topological polar surface area (TPSA) is 62.5 Å². The molecule has 1 amide bonds. The molecule has 1 fully saturated rings. The van der Waals surface area contributed by atoms with Crippen molar-refractivity contribution in [3.63, 3.8) is 0 Å². The summed E-state index contributed by atoms with van der Waals surface area (Å²) in [6.07, 6.45) is 6.88. The van der Waals surface area contributed by atoms with Crippen molar-refractivity contribution >= 4 is 17.4 Å². The third-order valence-corrected chi connectivity index (χ3v) is 6.39. The van der Waals surface area contributed by atoms with Crippen LogP contribution in [0.3, 0.4) is 0 Å². The van der Waals surface area contributed by atoms with Crippen LogP contribution in [0.5, 0.6) is 0 Å². The highest BCUT2D eigenvalue weighted by Crippen LogP contribution is 2.43. The molecule has 2 aliphatic rings. The summed E-state index contributed by atoms with van der Waals surface area (Å²) in [6.45, 7) is 5.00. The number of hydrogen-bond donors (Lipinski definition) is 1. The quantitative estimate of drug-likeness (QED) is 0.636. The molecule has 1 saturated heterocycles. The Labute approximate surface area is 168 Å². The van der Waals surface area contributed by atoms with Gasteiger partial charge < -0.3 is 10.2 Å². The molecule has 5 rings (SSSR count). The van der Waals surface area contributed by atoms with E-state index >= 15 is 0 Å². The smallest absolute Gasteiger partial charge is 0.256 e. The van der Waals surface area contributed by atoms with Crippen LogP contribution in [0.15, 0.2) is 36.7 Å². The number of nitrogens with zero attached hydrogens (tertiary/aromatic N) is 4. The van der Waals surface area contributed by atoms with Gasteiger partial charge in [0.25, 0.3) is 5.91 Å². The van der Waals surface area contributed by atoms with Crippen molar-refractivity contribution in [3.8, 4) is 0 Å². The Morgan fingerprint density at radius 3 is 3.03 bits per heavy atom. The maximum Gasteiger partial charge on any atom is 0.256 e. The van der Waals surface area contributed by atoms with Crippen molar-refractivity contribution in [1.29, 1.82) is 0 Å². The molecule has 0 spiro atoms. The monoisotopic (exact) mass is 393 g/mol. The van der Waals surface area contributed by atoms with Gasteiger partial charge in [-0.3, -0.25) is 4.79 Å². The van der Waals surface area contributed by atoms with E-state index in [1.165, 1.54) is 6.07 Å². The van der Waals surface area contributed by atoms with Crippen LogP contribution in [-0.2, 0) is 12.0 Å². The number of benzene rings is 1. The normalized spacial score (nSPS) is 24.4. The first-order valence-corrected chi connectivity index (χ1v) is 10.2. The van der Waals surface area contributed by atoms with Gasteiger partial charge in [-0.2, -0.15) is 5.10 Å². The standard InChI is InChI=1S/C22H24FN5O/c1-14-4-5-15-6-7-16(23)12-18(15)22(2)9-3-10-27(22)19-8-11-28-20(26-19)17(13-24-28)21(29)25-14/h6-8,11-14H,3-5,9-10H2,1-2H3,(H,25,29)/t14-,22+/m0/s1. The third-order valence-electron chi connectivity index (χ3n) is 6.39. The zero-order valence-corrected chi connectivity index (χ0v) is 16.7. The molecule has 2 aromatic heterocycles. The van der Waals surface area contributed by atoms with Crippen LogP contribution in [0.4, 0.5) is 10.2 Å². The first kappa shape index (κ1) is 18.1. The fourth-order valence-corrected chi connectivity index (χ4v) is 4.79.